The molecule has 0 fully saturated rings. The van der Waals surface area contributed by atoms with E-state index in [1.165, 1.54) is 12.1 Å². The Labute approximate surface area is 147 Å². The number of alkyl halides is 3. The maximum Gasteiger partial charge on any atom is 0.435 e. The predicted octanol–water partition coefficient (Wildman–Crippen LogP) is 2.92. The summed E-state index contributed by atoms with van der Waals surface area (Å²) in [5, 5.41) is 6.25. The van der Waals surface area contributed by atoms with Gasteiger partial charge in [-0.3, -0.25) is 19.9 Å². The molecule has 2 aromatic rings. The summed E-state index contributed by atoms with van der Waals surface area (Å²) in [5.74, 6) is 0.349. The van der Waals surface area contributed by atoms with Crippen molar-refractivity contribution in [3.8, 4) is 0 Å². The van der Waals surface area contributed by atoms with Crippen molar-refractivity contribution in [2.24, 2.45) is 0 Å². The predicted molar refractivity (Wildman–Crippen MR) is 85.9 cm³/mol. The third kappa shape index (κ3) is 4.63. The van der Waals surface area contributed by atoms with Gasteiger partial charge in [-0.2, -0.15) is 13.2 Å². The first-order valence-electron chi connectivity index (χ1n) is 6.73. The number of hydrazine groups is 1. The second-order valence-corrected chi connectivity index (χ2v) is 6.60. The highest BCUT2D eigenvalue weighted by Gasteiger charge is 2.34. The van der Waals surface area contributed by atoms with Crippen LogP contribution >= 0.6 is 11.6 Å². The van der Waals surface area contributed by atoms with Gasteiger partial charge in [0, 0.05) is 5.75 Å². The van der Waals surface area contributed by atoms with Crippen LogP contribution in [0, 0.1) is 0 Å². The second-order valence-electron chi connectivity index (χ2n) is 4.51. The summed E-state index contributed by atoms with van der Waals surface area (Å²) in [7, 11) is -1.39. The molecule has 0 saturated heterocycles. The molecule has 2 N–H and O–H groups in total. The Kier molecular flexibility index (Phi) is 5.90. The van der Waals surface area contributed by atoms with Gasteiger partial charge in [-0.1, -0.05) is 18.5 Å². The van der Waals surface area contributed by atoms with Crippen LogP contribution in [-0.4, -0.2) is 31.4 Å². The van der Waals surface area contributed by atoms with Crippen molar-refractivity contribution in [3.63, 3.8) is 0 Å². The van der Waals surface area contributed by atoms with E-state index >= 15 is 0 Å². The Morgan fingerprint density at radius 1 is 1.28 bits per heavy atom. The van der Waals surface area contributed by atoms with E-state index in [0.29, 0.717) is 16.7 Å². The monoisotopic (exact) mass is 393 g/mol. The average molecular weight is 394 g/mol. The second kappa shape index (κ2) is 7.74. The number of carbonyl (C=O) groups is 1. The fourth-order valence-corrected chi connectivity index (χ4v) is 2.70. The molecule has 0 saturated carbocycles. The zero-order chi connectivity index (χ0) is 18.6. The number of hydrogen-bond donors (Lipinski definition) is 2. The van der Waals surface area contributed by atoms with Gasteiger partial charge in [-0.15, -0.1) is 10.2 Å². The molecule has 25 heavy (non-hydrogen) atoms. The number of aldehydes is 1. The van der Waals surface area contributed by atoms with E-state index in [2.05, 4.69) is 26.0 Å². The molecular weight excluding hydrogens is 383 g/mol. The van der Waals surface area contributed by atoms with Gasteiger partial charge in [0.1, 0.15) is 5.15 Å². The first-order valence-corrected chi connectivity index (χ1v) is 8.43. The number of halogens is 4. The van der Waals surface area contributed by atoms with Gasteiger partial charge < -0.3 is 0 Å². The molecule has 2 heterocycles. The van der Waals surface area contributed by atoms with E-state index in [9.17, 15) is 22.2 Å². The van der Waals surface area contributed by atoms with Crippen LogP contribution in [0.25, 0.3) is 0 Å². The van der Waals surface area contributed by atoms with Crippen molar-refractivity contribution in [1.29, 1.82) is 0 Å². The molecule has 0 aliphatic heterocycles. The van der Waals surface area contributed by atoms with Crippen molar-refractivity contribution in [2.75, 3.05) is 16.6 Å². The smallest absolute Gasteiger partial charge is 0.297 e. The Morgan fingerprint density at radius 3 is 2.60 bits per heavy atom. The standard InChI is InChI=1S/C13H11ClF3N5O2S/c1-2-25(24)9-3-4-11(14)18-12(9)22-19-7-5-10(13(15,16)17)21-20-8(7)6-23/h3-6H,2H2,1H3,(H,18,22)(H,19,21). The number of nitrogens with zero attached hydrogens (tertiary/aromatic N) is 3. The van der Waals surface area contributed by atoms with Gasteiger partial charge in [0.15, 0.2) is 23.5 Å². The minimum atomic E-state index is -4.73. The maximum atomic E-state index is 12.7. The van der Waals surface area contributed by atoms with E-state index < -0.39 is 22.7 Å². The molecule has 1 unspecified atom stereocenters. The molecule has 0 bridgehead atoms. The van der Waals surface area contributed by atoms with Gasteiger partial charge in [-0.05, 0) is 18.2 Å². The Bertz CT molecular complexity index is 819. The van der Waals surface area contributed by atoms with Gasteiger partial charge in [0.25, 0.3) is 0 Å². The van der Waals surface area contributed by atoms with Crippen LogP contribution in [0.4, 0.5) is 24.7 Å². The molecule has 0 radical (unpaired) electrons. The topological polar surface area (TPSA) is 96.9 Å². The summed E-state index contributed by atoms with van der Waals surface area (Å²) in [4.78, 5) is 15.2. The van der Waals surface area contributed by atoms with Crippen LogP contribution < -0.4 is 10.9 Å². The van der Waals surface area contributed by atoms with Gasteiger partial charge >= 0.3 is 6.18 Å². The number of pyridine rings is 1. The normalized spacial score (nSPS) is 12.5. The lowest BCUT2D eigenvalue weighted by Gasteiger charge is -2.14. The van der Waals surface area contributed by atoms with Crippen molar-refractivity contribution < 1.29 is 22.2 Å². The SMILES string of the molecule is CCS(=O)c1ccc(Cl)nc1NNc1cc(C(F)(F)F)nnc1C=O. The third-order valence-corrected chi connectivity index (χ3v) is 4.43. The van der Waals surface area contributed by atoms with E-state index in [4.69, 9.17) is 11.6 Å². The fraction of sp³-hybridized carbons (Fsp3) is 0.231. The first kappa shape index (κ1) is 19.1. The minimum absolute atomic E-state index is 0.0508. The molecule has 0 aromatic carbocycles. The lowest BCUT2D eigenvalue weighted by atomic mass is 10.3. The summed E-state index contributed by atoms with van der Waals surface area (Å²) in [6.45, 7) is 1.69. The number of nitrogens with one attached hydrogen (secondary N) is 2. The zero-order valence-electron chi connectivity index (χ0n) is 12.6. The number of carbonyl (C=O) groups excluding carboxylic acids is 1. The van der Waals surface area contributed by atoms with E-state index in [0.717, 1.165) is 0 Å². The fourth-order valence-electron chi connectivity index (χ4n) is 1.70. The molecule has 134 valence electrons. The van der Waals surface area contributed by atoms with Crippen LogP contribution in [-0.2, 0) is 17.0 Å². The van der Waals surface area contributed by atoms with Crippen LogP contribution in [0.3, 0.4) is 0 Å². The van der Waals surface area contributed by atoms with Crippen molar-refractivity contribution in [2.45, 2.75) is 18.0 Å². The lowest BCUT2D eigenvalue weighted by Crippen LogP contribution is -2.17. The lowest BCUT2D eigenvalue weighted by molar-refractivity contribution is -0.141. The molecule has 7 nitrogen and oxygen atoms in total. The Morgan fingerprint density at radius 2 is 2.00 bits per heavy atom. The van der Waals surface area contributed by atoms with E-state index in [1.54, 1.807) is 6.92 Å². The van der Waals surface area contributed by atoms with Crippen molar-refractivity contribution >= 4 is 40.2 Å². The van der Waals surface area contributed by atoms with Crippen molar-refractivity contribution in [1.82, 2.24) is 15.2 Å². The maximum absolute atomic E-state index is 12.7. The number of aromatic nitrogens is 3. The molecule has 12 heteroatoms. The minimum Gasteiger partial charge on any atom is -0.297 e. The largest absolute Gasteiger partial charge is 0.435 e. The van der Waals surface area contributed by atoms with Gasteiger partial charge in [0.05, 0.1) is 21.4 Å². The molecule has 0 spiro atoms. The summed E-state index contributed by atoms with van der Waals surface area (Å²) in [6.07, 6.45) is -4.48. The summed E-state index contributed by atoms with van der Waals surface area (Å²) >= 11 is 5.78. The van der Waals surface area contributed by atoms with Crippen LogP contribution in [0.5, 0.6) is 0 Å². The Balaban J connectivity index is 2.34. The Hall–Kier alpha value is -2.27. The molecule has 0 amide bonds. The number of rotatable bonds is 6. The molecule has 1 atom stereocenters. The summed E-state index contributed by atoms with van der Waals surface area (Å²) < 4.78 is 50.2. The highest BCUT2D eigenvalue weighted by molar-refractivity contribution is 7.85. The van der Waals surface area contributed by atoms with Gasteiger partial charge in [-0.25, -0.2) is 4.98 Å². The molecule has 2 rings (SSSR count). The zero-order valence-corrected chi connectivity index (χ0v) is 14.2. The molecule has 0 aliphatic carbocycles. The number of anilines is 2. The van der Waals surface area contributed by atoms with E-state index in [1.807, 2.05) is 0 Å². The first-order chi connectivity index (χ1) is 11.8. The molecule has 2 aromatic heterocycles. The van der Waals surface area contributed by atoms with E-state index in [-0.39, 0.29) is 28.6 Å². The third-order valence-electron chi connectivity index (χ3n) is 2.87. The average Bonchev–Trinajstić information content (AvgIpc) is 2.58. The number of hydrogen-bond acceptors (Lipinski definition) is 7. The van der Waals surface area contributed by atoms with Crippen LogP contribution in [0.2, 0.25) is 5.15 Å². The highest BCUT2D eigenvalue weighted by atomic mass is 35.5. The molecule has 0 aliphatic rings. The van der Waals surface area contributed by atoms with Gasteiger partial charge in [0.2, 0.25) is 0 Å². The quantitative estimate of drug-likeness (QED) is 0.442. The highest BCUT2D eigenvalue weighted by Crippen LogP contribution is 2.29. The molecular formula is C13H11ClF3N5O2S. The van der Waals surface area contributed by atoms with Crippen LogP contribution in [0.1, 0.15) is 23.1 Å². The summed E-state index contributed by atoms with van der Waals surface area (Å²) in [5.41, 5.74) is 3.01. The summed E-state index contributed by atoms with van der Waals surface area (Å²) in [6, 6.07) is 3.53. The van der Waals surface area contributed by atoms with Crippen LogP contribution in [0.15, 0.2) is 23.1 Å². The van der Waals surface area contributed by atoms with Crippen molar-refractivity contribution in [3.05, 3.63) is 34.7 Å².